The van der Waals surface area contributed by atoms with Crippen LogP contribution in [0.1, 0.15) is 42.2 Å². The molecule has 6 nitrogen and oxygen atoms in total. The van der Waals surface area contributed by atoms with Crippen LogP contribution >= 0.6 is 0 Å². The molecule has 0 radical (unpaired) electrons. The SMILES string of the molecule is C=C/C=C(\C=C)NC(=O)c1ccc(C)c(-c2ccnc3c2[nH]c(=O)n3C(C)CC)c1. The minimum absolute atomic E-state index is 0.0289. The highest BCUT2D eigenvalue weighted by Gasteiger charge is 2.18. The zero-order valence-corrected chi connectivity index (χ0v) is 17.5. The van der Waals surface area contributed by atoms with Gasteiger partial charge in [0.15, 0.2) is 5.65 Å². The number of carbonyl (C=O) groups is 1. The average Bonchev–Trinajstić information content (AvgIpc) is 3.09. The molecule has 154 valence electrons. The van der Waals surface area contributed by atoms with E-state index >= 15 is 0 Å². The van der Waals surface area contributed by atoms with E-state index < -0.39 is 0 Å². The van der Waals surface area contributed by atoms with E-state index in [2.05, 4.69) is 28.4 Å². The molecule has 2 aromatic heterocycles. The van der Waals surface area contributed by atoms with Crippen molar-refractivity contribution in [3.63, 3.8) is 0 Å². The summed E-state index contributed by atoms with van der Waals surface area (Å²) in [6, 6.07) is 7.38. The lowest BCUT2D eigenvalue weighted by atomic mass is 9.97. The number of nitrogens with one attached hydrogen (secondary N) is 2. The largest absolute Gasteiger partial charge is 0.327 e. The Morgan fingerprint density at radius 3 is 2.73 bits per heavy atom. The van der Waals surface area contributed by atoms with Crippen molar-refractivity contribution in [3.05, 3.63) is 89.2 Å². The molecule has 1 aromatic carbocycles. The third kappa shape index (κ3) is 3.89. The van der Waals surface area contributed by atoms with Gasteiger partial charge < -0.3 is 10.3 Å². The predicted octanol–water partition coefficient (Wildman–Crippen LogP) is 4.66. The van der Waals surface area contributed by atoms with Gasteiger partial charge in [0.25, 0.3) is 5.91 Å². The second-order valence-electron chi connectivity index (χ2n) is 7.16. The minimum atomic E-state index is -0.250. The van der Waals surface area contributed by atoms with Crippen molar-refractivity contribution in [2.24, 2.45) is 0 Å². The monoisotopic (exact) mass is 402 g/mol. The molecular weight excluding hydrogens is 376 g/mol. The van der Waals surface area contributed by atoms with Crippen molar-refractivity contribution in [3.8, 4) is 11.1 Å². The maximum absolute atomic E-state index is 12.7. The lowest BCUT2D eigenvalue weighted by Gasteiger charge is -2.12. The summed E-state index contributed by atoms with van der Waals surface area (Å²) in [5.41, 5.74) is 4.85. The number of nitrogens with zero attached hydrogens (tertiary/aromatic N) is 2. The molecular formula is C24H26N4O2. The highest BCUT2D eigenvalue weighted by Crippen LogP contribution is 2.30. The van der Waals surface area contributed by atoms with Crippen LogP contribution < -0.4 is 11.0 Å². The smallest absolute Gasteiger partial charge is 0.322 e. The molecule has 0 aliphatic heterocycles. The average molecular weight is 402 g/mol. The molecule has 2 heterocycles. The molecule has 0 spiro atoms. The van der Waals surface area contributed by atoms with Gasteiger partial charge in [0, 0.05) is 29.1 Å². The van der Waals surface area contributed by atoms with Crippen LogP contribution in [-0.4, -0.2) is 20.4 Å². The molecule has 30 heavy (non-hydrogen) atoms. The highest BCUT2D eigenvalue weighted by molar-refractivity contribution is 5.98. The zero-order valence-electron chi connectivity index (χ0n) is 17.5. The number of aromatic amines is 1. The molecule has 1 atom stereocenters. The van der Waals surface area contributed by atoms with Crippen LogP contribution in [0.4, 0.5) is 0 Å². The van der Waals surface area contributed by atoms with Crippen LogP contribution in [0.25, 0.3) is 22.3 Å². The molecule has 0 aliphatic rings. The molecule has 0 saturated carbocycles. The first kappa shape index (κ1) is 21.0. The van der Waals surface area contributed by atoms with Crippen molar-refractivity contribution in [1.29, 1.82) is 0 Å². The van der Waals surface area contributed by atoms with Gasteiger partial charge in [-0.25, -0.2) is 9.78 Å². The van der Waals surface area contributed by atoms with Crippen LogP contribution in [0.2, 0.25) is 0 Å². The summed E-state index contributed by atoms with van der Waals surface area (Å²) >= 11 is 0. The van der Waals surface area contributed by atoms with E-state index in [0.29, 0.717) is 22.4 Å². The van der Waals surface area contributed by atoms with Crippen LogP contribution in [0.5, 0.6) is 0 Å². The van der Waals surface area contributed by atoms with Crippen LogP contribution in [0, 0.1) is 6.92 Å². The van der Waals surface area contributed by atoms with Gasteiger partial charge >= 0.3 is 5.69 Å². The predicted molar refractivity (Wildman–Crippen MR) is 121 cm³/mol. The summed E-state index contributed by atoms with van der Waals surface area (Å²) in [6.07, 6.45) is 7.33. The lowest BCUT2D eigenvalue weighted by Crippen LogP contribution is -2.21. The van der Waals surface area contributed by atoms with Gasteiger partial charge in [-0.1, -0.05) is 32.2 Å². The number of amides is 1. The van der Waals surface area contributed by atoms with E-state index in [1.54, 1.807) is 35.1 Å². The minimum Gasteiger partial charge on any atom is -0.322 e. The number of allylic oxidation sites excluding steroid dienone is 3. The number of pyridine rings is 1. The van der Waals surface area contributed by atoms with Gasteiger partial charge in [-0.05, 0) is 61.7 Å². The molecule has 3 aromatic rings. The Morgan fingerprint density at radius 2 is 2.07 bits per heavy atom. The first-order chi connectivity index (χ1) is 14.4. The van der Waals surface area contributed by atoms with Crippen molar-refractivity contribution >= 4 is 17.1 Å². The Bertz CT molecular complexity index is 1210. The van der Waals surface area contributed by atoms with E-state index in [9.17, 15) is 9.59 Å². The molecule has 0 bridgehead atoms. The first-order valence-corrected chi connectivity index (χ1v) is 9.88. The molecule has 3 rings (SSSR count). The number of carbonyl (C=O) groups excluding carboxylic acids is 1. The lowest BCUT2D eigenvalue weighted by molar-refractivity contribution is 0.0967. The van der Waals surface area contributed by atoms with E-state index in [1.807, 2.05) is 39.0 Å². The second-order valence-corrected chi connectivity index (χ2v) is 7.16. The van der Waals surface area contributed by atoms with E-state index in [1.165, 1.54) is 0 Å². The number of fused-ring (bicyclic) bond motifs is 1. The Hall–Kier alpha value is -3.67. The summed E-state index contributed by atoms with van der Waals surface area (Å²) in [5.74, 6) is -0.250. The standard InChI is InChI=1S/C24H26N4O2/c1-6-9-18(8-3)26-23(29)17-11-10-15(4)20(14-17)19-12-13-25-22-21(19)27-24(30)28(22)16(5)7-2/h6,8-14,16H,1,3,7H2,2,4-5H3,(H,26,29)(H,27,30)/b18-9+. The normalized spacial score (nSPS) is 12.6. The van der Waals surface area contributed by atoms with Crippen molar-refractivity contribution in [1.82, 2.24) is 19.9 Å². The van der Waals surface area contributed by atoms with Crippen molar-refractivity contribution in [2.75, 3.05) is 0 Å². The number of imidazole rings is 1. The molecule has 2 N–H and O–H groups in total. The Balaban J connectivity index is 2.12. The maximum Gasteiger partial charge on any atom is 0.327 e. The summed E-state index contributed by atoms with van der Waals surface area (Å²) in [4.78, 5) is 32.7. The molecule has 1 amide bonds. The summed E-state index contributed by atoms with van der Waals surface area (Å²) in [6.45, 7) is 13.3. The van der Waals surface area contributed by atoms with Crippen molar-refractivity contribution in [2.45, 2.75) is 33.2 Å². The zero-order chi connectivity index (χ0) is 21.8. The molecule has 0 fully saturated rings. The van der Waals surface area contributed by atoms with Crippen LogP contribution in [0.15, 0.2) is 72.3 Å². The number of aromatic nitrogens is 3. The topological polar surface area (TPSA) is 79.8 Å². The van der Waals surface area contributed by atoms with Crippen molar-refractivity contribution < 1.29 is 4.79 Å². The third-order valence-corrected chi connectivity index (χ3v) is 5.21. The fraction of sp³-hybridized carbons (Fsp3) is 0.208. The van der Waals surface area contributed by atoms with Gasteiger partial charge in [0.1, 0.15) is 0 Å². The Kier molecular flexibility index (Phi) is 6.16. The molecule has 0 aliphatic carbocycles. The van der Waals surface area contributed by atoms with Crippen LogP contribution in [0.3, 0.4) is 0 Å². The third-order valence-electron chi connectivity index (χ3n) is 5.21. The van der Waals surface area contributed by atoms with Gasteiger partial charge in [0.05, 0.1) is 5.52 Å². The summed E-state index contributed by atoms with van der Waals surface area (Å²) in [5, 5.41) is 2.81. The van der Waals surface area contributed by atoms with E-state index in [0.717, 1.165) is 23.1 Å². The number of rotatable bonds is 7. The van der Waals surface area contributed by atoms with E-state index in [4.69, 9.17) is 0 Å². The molecule has 6 heteroatoms. The molecule has 0 saturated heterocycles. The number of H-pyrrole nitrogens is 1. The maximum atomic E-state index is 12.7. The summed E-state index contributed by atoms with van der Waals surface area (Å²) < 4.78 is 1.68. The van der Waals surface area contributed by atoms with Gasteiger partial charge in [-0.15, -0.1) is 0 Å². The number of hydrogen-bond donors (Lipinski definition) is 2. The quantitative estimate of drug-likeness (QED) is 0.564. The number of hydrogen-bond acceptors (Lipinski definition) is 3. The highest BCUT2D eigenvalue weighted by atomic mass is 16.2. The second kappa shape index (κ2) is 8.78. The Labute approximate surface area is 175 Å². The van der Waals surface area contributed by atoms with Gasteiger partial charge in [-0.2, -0.15) is 0 Å². The number of aryl methyl sites for hydroxylation is 1. The fourth-order valence-corrected chi connectivity index (χ4v) is 3.38. The van der Waals surface area contributed by atoms with Gasteiger partial charge in [-0.3, -0.25) is 9.36 Å². The molecule has 1 unspecified atom stereocenters. The fourth-order valence-electron chi connectivity index (χ4n) is 3.38. The first-order valence-electron chi connectivity index (χ1n) is 9.88. The van der Waals surface area contributed by atoms with E-state index in [-0.39, 0.29) is 17.6 Å². The van der Waals surface area contributed by atoms with Gasteiger partial charge in [0.2, 0.25) is 0 Å². The Morgan fingerprint density at radius 1 is 1.30 bits per heavy atom. The number of benzene rings is 1. The van der Waals surface area contributed by atoms with Crippen LogP contribution in [-0.2, 0) is 0 Å². The summed E-state index contributed by atoms with van der Waals surface area (Å²) in [7, 11) is 0.